The summed E-state index contributed by atoms with van der Waals surface area (Å²) in [7, 11) is 2.04. The largest absolute Gasteiger partial charge is 0.319 e. The number of benzene rings is 1. The van der Waals surface area contributed by atoms with Crippen LogP contribution in [0.1, 0.15) is 44.6 Å². The van der Waals surface area contributed by atoms with Gasteiger partial charge in [0.1, 0.15) is 0 Å². The molecule has 2 heteroatoms. The summed E-state index contributed by atoms with van der Waals surface area (Å²) in [5.74, 6) is 1.44. The van der Waals surface area contributed by atoms with E-state index in [0.717, 1.165) is 16.9 Å². The van der Waals surface area contributed by atoms with Crippen molar-refractivity contribution in [2.45, 2.75) is 39.0 Å². The number of halogens is 1. The molecule has 0 radical (unpaired) electrons. The molecule has 0 aliphatic rings. The van der Waals surface area contributed by atoms with Crippen molar-refractivity contribution < 1.29 is 0 Å². The highest BCUT2D eigenvalue weighted by Crippen LogP contribution is 2.26. The van der Waals surface area contributed by atoms with Crippen LogP contribution < -0.4 is 5.32 Å². The van der Waals surface area contributed by atoms with E-state index in [1.165, 1.54) is 24.8 Å². The fourth-order valence-electron chi connectivity index (χ4n) is 2.41. The number of rotatable bonds is 7. The van der Waals surface area contributed by atoms with Crippen molar-refractivity contribution in [3.8, 4) is 0 Å². The minimum Gasteiger partial charge on any atom is -0.319 e. The van der Waals surface area contributed by atoms with Crippen LogP contribution in [-0.2, 0) is 0 Å². The van der Waals surface area contributed by atoms with E-state index in [2.05, 4.69) is 59.4 Å². The molecule has 2 unspecified atom stereocenters. The lowest BCUT2D eigenvalue weighted by atomic mass is 9.87. The molecule has 0 bridgehead atoms. The van der Waals surface area contributed by atoms with Gasteiger partial charge in [-0.05, 0) is 43.0 Å². The Bertz CT molecular complexity index is 307. The fourth-order valence-corrected chi connectivity index (χ4v) is 2.68. The van der Waals surface area contributed by atoms with Crippen molar-refractivity contribution >= 4 is 15.9 Å². The zero-order valence-electron chi connectivity index (χ0n) is 11.2. The molecular formula is C15H24BrN. The van der Waals surface area contributed by atoms with Crippen LogP contribution in [0.15, 0.2) is 28.7 Å². The first-order valence-corrected chi connectivity index (χ1v) is 7.36. The molecule has 96 valence electrons. The molecule has 2 atom stereocenters. The van der Waals surface area contributed by atoms with Gasteiger partial charge in [0.25, 0.3) is 0 Å². The highest BCUT2D eigenvalue weighted by molar-refractivity contribution is 9.10. The summed E-state index contributed by atoms with van der Waals surface area (Å²) in [5, 5.41) is 3.32. The second-order valence-electron chi connectivity index (χ2n) is 4.94. The van der Waals surface area contributed by atoms with Crippen LogP contribution in [0.2, 0.25) is 0 Å². The van der Waals surface area contributed by atoms with Crippen molar-refractivity contribution in [2.24, 2.45) is 5.92 Å². The maximum Gasteiger partial charge on any atom is 0.0175 e. The van der Waals surface area contributed by atoms with Crippen LogP contribution in [0.5, 0.6) is 0 Å². The summed E-state index contributed by atoms with van der Waals surface area (Å²) in [5.41, 5.74) is 1.45. The van der Waals surface area contributed by atoms with Crippen LogP contribution in [0.3, 0.4) is 0 Å². The average Bonchev–Trinajstić information content (AvgIpc) is 2.30. The Morgan fingerprint density at radius 1 is 1.24 bits per heavy atom. The molecule has 0 spiro atoms. The fraction of sp³-hybridized carbons (Fsp3) is 0.600. The third kappa shape index (κ3) is 5.22. The maximum absolute atomic E-state index is 3.49. The first-order chi connectivity index (χ1) is 8.17. The zero-order chi connectivity index (χ0) is 12.7. The topological polar surface area (TPSA) is 12.0 Å². The molecule has 0 aliphatic carbocycles. The molecular weight excluding hydrogens is 274 g/mol. The predicted octanol–water partition coefficient (Wildman–Crippen LogP) is 4.58. The van der Waals surface area contributed by atoms with Gasteiger partial charge in [0.05, 0.1) is 0 Å². The van der Waals surface area contributed by atoms with Crippen LogP contribution in [0, 0.1) is 5.92 Å². The molecule has 1 rings (SSSR count). The minimum atomic E-state index is 0.634. The van der Waals surface area contributed by atoms with Gasteiger partial charge in [0.15, 0.2) is 0 Å². The van der Waals surface area contributed by atoms with E-state index < -0.39 is 0 Å². The van der Waals surface area contributed by atoms with Crippen LogP contribution in [0.4, 0.5) is 0 Å². The number of likely N-dealkylation sites (N-methyl/N-ethyl adjacent to an activating group) is 1. The van der Waals surface area contributed by atoms with Gasteiger partial charge < -0.3 is 5.32 Å². The molecule has 1 N–H and O–H groups in total. The Hall–Kier alpha value is -0.340. The molecule has 0 aliphatic heterocycles. The quantitative estimate of drug-likeness (QED) is 0.777. The molecule has 0 saturated carbocycles. The Morgan fingerprint density at radius 2 is 1.88 bits per heavy atom. The third-order valence-electron chi connectivity index (χ3n) is 3.26. The van der Waals surface area contributed by atoms with Gasteiger partial charge in [0.2, 0.25) is 0 Å². The normalized spacial score (nSPS) is 14.6. The molecule has 0 amide bonds. The molecule has 17 heavy (non-hydrogen) atoms. The first-order valence-electron chi connectivity index (χ1n) is 6.57. The van der Waals surface area contributed by atoms with Crippen molar-refractivity contribution in [2.75, 3.05) is 13.6 Å². The summed E-state index contributed by atoms with van der Waals surface area (Å²) in [4.78, 5) is 0. The highest BCUT2D eigenvalue weighted by atomic mass is 79.9. The lowest BCUT2D eigenvalue weighted by Gasteiger charge is -2.21. The molecule has 0 saturated heterocycles. The summed E-state index contributed by atoms with van der Waals surface area (Å²) in [6, 6.07) is 8.76. The minimum absolute atomic E-state index is 0.634. The lowest BCUT2D eigenvalue weighted by Crippen LogP contribution is -2.19. The smallest absolute Gasteiger partial charge is 0.0175 e. The van der Waals surface area contributed by atoms with Crippen molar-refractivity contribution in [1.29, 1.82) is 0 Å². The van der Waals surface area contributed by atoms with Crippen LogP contribution in [-0.4, -0.2) is 13.6 Å². The van der Waals surface area contributed by atoms with Crippen molar-refractivity contribution in [3.63, 3.8) is 0 Å². The Labute approximate surface area is 114 Å². The average molecular weight is 298 g/mol. The van der Waals surface area contributed by atoms with Gasteiger partial charge in [-0.1, -0.05) is 54.8 Å². The van der Waals surface area contributed by atoms with E-state index in [0.29, 0.717) is 5.92 Å². The molecule has 0 aromatic heterocycles. The Kier molecular flexibility index (Phi) is 6.83. The van der Waals surface area contributed by atoms with Gasteiger partial charge in [-0.2, -0.15) is 0 Å². The van der Waals surface area contributed by atoms with Gasteiger partial charge >= 0.3 is 0 Å². The second kappa shape index (κ2) is 7.88. The molecule has 0 heterocycles. The summed E-state index contributed by atoms with van der Waals surface area (Å²) >= 11 is 3.49. The van der Waals surface area contributed by atoms with Crippen LogP contribution >= 0.6 is 15.9 Å². The Balaban J connectivity index is 2.67. The number of nitrogens with one attached hydrogen (secondary N) is 1. The van der Waals surface area contributed by atoms with E-state index in [9.17, 15) is 0 Å². The SMILES string of the molecule is CCCC(C)CC(CNC)c1ccc(Br)cc1. The summed E-state index contributed by atoms with van der Waals surface area (Å²) in [6.07, 6.45) is 3.89. The molecule has 0 fully saturated rings. The summed E-state index contributed by atoms with van der Waals surface area (Å²) in [6.45, 7) is 5.70. The number of hydrogen-bond acceptors (Lipinski definition) is 1. The second-order valence-corrected chi connectivity index (χ2v) is 5.85. The Morgan fingerprint density at radius 3 is 2.41 bits per heavy atom. The monoisotopic (exact) mass is 297 g/mol. The molecule has 1 nitrogen and oxygen atoms in total. The van der Waals surface area contributed by atoms with Gasteiger partial charge in [0, 0.05) is 11.0 Å². The first kappa shape index (κ1) is 14.7. The lowest BCUT2D eigenvalue weighted by molar-refractivity contribution is 0.426. The van der Waals surface area contributed by atoms with E-state index in [-0.39, 0.29) is 0 Å². The van der Waals surface area contributed by atoms with E-state index in [4.69, 9.17) is 0 Å². The van der Waals surface area contributed by atoms with E-state index in [1.54, 1.807) is 0 Å². The number of hydrogen-bond donors (Lipinski definition) is 1. The standard InChI is InChI=1S/C15H24BrN/c1-4-5-12(2)10-14(11-17-3)13-6-8-15(16)9-7-13/h6-9,12,14,17H,4-5,10-11H2,1-3H3. The maximum atomic E-state index is 3.49. The van der Waals surface area contributed by atoms with Gasteiger partial charge in [-0.25, -0.2) is 0 Å². The van der Waals surface area contributed by atoms with E-state index in [1.807, 2.05) is 7.05 Å². The molecule has 1 aromatic rings. The van der Waals surface area contributed by atoms with E-state index >= 15 is 0 Å². The van der Waals surface area contributed by atoms with Crippen LogP contribution in [0.25, 0.3) is 0 Å². The summed E-state index contributed by atoms with van der Waals surface area (Å²) < 4.78 is 1.16. The van der Waals surface area contributed by atoms with Gasteiger partial charge in [-0.15, -0.1) is 0 Å². The predicted molar refractivity (Wildman–Crippen MR) is 79.5 cm³/mol. The highest BCUT2D eigenvalue weighted by Gasteiger charge is 2.14. The van der Waals surface area contributed by atoms with Gasteiger partial charge in [-0.3, -0.25) is 0 Å². The third-order valence-corrected chi connectivity index (χ3v) is 3.79. The molecule has 1 aromatic carbocycles. The zero-order valence-corrected chi connectivity index (χ0v) is 12.8. The van der Waals surface area contributed by atoms with Crippen molar-refractivity contribution in [1.82, 2.24) is 5.32 Å². The van der Waals surface area contributed by atoms with Crippen molar-refractivity contribution in [3.05, 3.63) is 34.3 Å².